The van der Waals surface area contributed by atoms with Crippen LogP contribution in [0.25, 0.3) is 5.65 Å². The van der Waals surface area contributed by atoms with Gasteiger partial charge in [-0.25, -0.2) is 4.52 Å². The van der Waals surface area contributed by atoms with Crippen molar-refractivity contribution in [3.8, 4) is 0 Å². The van der Waals surface area contributed by atoms with Gasteiger partial charge in [0.05, 0.1) is 0 Å². The van der Waals surface area contributed by atoms with Gasteiger partial charge in [0.15, 0.2) is 5.65 Å². The van der Waals surface area contributed by atoms with Crippen LogP contribution in [0, 0.1) is 6.92 Å². The number of nitrogens with one attached hydrogen (secondary N) is 1. The number of anilines is 1. The second kappa shape index (κ2) is 4.96. The molecule has 96 valence electrons. The van der Waals surface area contributed by atoms with E-state index in [1.54, 1.807) is 0 Å². The fourth-order valence-electron chi connectivity index (χ4n) is 2.70. The first-order chi connectivity index (χ1) is 8.83. The van der Waals surface area contributed by atoms with Crippen molar-refractivity contribution >= 4 is 11.6 Å². The van der Waals surface area contributed by atoms with Gasteiger partial charge in [-0.2, -0.15) is 4.98 Å². The molecule has 0 amide bonds. The molecule has 0 saturated heterocycles. The van der Waals surface area contributed by atoms with E-state index in [2.05, 4.69) is 28.4 Å². The second-order valence-corrected chi connectivity index (χ2v) is 5.21. The first-order valence-corrected chi connectivity index (χ1v) is 6.92. The Kier molecular flexibility index (Phi) is 3.17. The Hall–Kier alpha value is -1.58. The molecule has 2 heterocycles. The monoisotopic (exact) mass is 244 g/mol. The van der Waals surface area contributed by atoms with Crippen LogP contribution in [-0.2, 0) is 0 Å². The van der Waals surface area contributed by atoms with Crippen molar-refractivity contribution in [2.24, 2.45) is 0 Å². The summed E-state index contributed by atoms with van der Waals surface area (Å²) < 4.78 is 1.90. The van der Waals surface area contributed by atoms with Gasteiger partial charge in [-0.1, -0.05) is 31.7 Å². The molecule has 0 unspecified atom stereocenters. The first kappa shape index (κ1) is 11.5. The van der Waals surface area contributed by atoms with E-state index in [1.165, 1.54) is 38.5 Å². The largest absolute Gasteiger partial charge is 0.350 e. The Bertz CT molecular complexity index is 524. The average Bonchev–Trinajstić information content (AvgIpc) is 2.60. The summed E-state index contributed by atoms with van der Waals surface area (Å²) in [5.41, 5.74) is 2.04. The molecule has 0 atom stereocenters. The quantitative estimate of drug-likeness (QED) is 0.825. The van der Waals surface area contributed by atoms with Crippen molar-refractivity contribution in [3.05, 3.63) is 23.9 Å². The van der Waals surface area contributed by atoms with Crippen molar-refractivity contribution < 1.29 is 0 Å². The molecule has 0 spiro atoms. The van der Waals surface area contributed by atoms with Gasteiger partial charge in [0.25, 0.3) is 0 Å². The van der Waals surface area contributed by atoms with Gasteiger partial charge < -0.3 is 5.32 Å². The van der Waals surface area contributed by atoms with Crippen LogP contribution in [0.4, 0.5) is 5.95 Å². The highest BCUT2D eigenvalue weighted by molar-refractivity contribution is 5.44. The van der Waals surface area contributed by atoms with Gasteiger partial charge in [-0.15, -0.1) is 5.10 Å². The Morgan fingerprint density at radius 1 is 1.17 bits per heavy atom. The molecule has 4 heteroatoms. The number of fused-ring (bicyclic) bond motifs is 1. The zero-order valence-electron chi connectivity index (χ0n) is 10.9. The third kappa shape index (κ3) is 2.33. The summed E-state index contributed by atoms with van der Waals surface area (Å²) in [6, 6.07) is 6.62. The molecule has 3 rings (SSSR count). The minimum Gasteiger partial charge on any atom is -0.350 e. The maximum atomic E-state index is 4.54. The SMILES string of the molecule is Cc1cccc2nc(NC3CCCCCC3)nn12. The Labute approximate surface area is 107 Å². The molecule has 0 aliphatic heterocycles. The third-order valence-corrected chi connectivity index (χ3v) is 3.74. The molecule has 1 N–H and O–H groups in total. The summed E-state index contributed by atoms with van der Waals surface area (Å²) in [5, 5.41) is 8.03. The van der Waals surface area contributed by atoms with E-state index >= 15 is 0 Å². The van der Waals surface area contributed by atoms with Crippen molar-refractivity contribution in [2.75, 3.05) is 5.32 Å². The van der Waals surface area contributed by atoms with E-state index in [0.29, 0.717) is 6.04 Å². The lowest BCUT2D eigenvalue weighted by Gasteiger charge is -2.14. The highest BCUT2D eigenvalue weighted by Gasteiger charge is 2.14. The fourth-order valence-corrected chi connectivity index (χ4v) is 2.70. The summed E-state index contributed by atoms with van der Waals surface area (Å²) in [6.45, 7) is 2.05. The molecule has 2 aromatic rings. The van der Waals surface area contributed by atoms with E-state index in [-0.39, 0.29) is 0 Å². The second-order valence-electron chi connectivity index (χ2n) is 5.21. The van der Waals surface area contributed by atoms with Crippen LogP contribution in [0.2, 0.25) is 0 Å². The fraction of sp³-hybridized carbons (Fsp3) is 0.571. The van der Waals surface area contributed by atoms with Gasteiger partial charge in [0, 0.05) is 11.7 Å². The number of hydrogen-bond acceptors (Lipinski definition) is 3. The number of nitrogens with zero attached hydrogens (tertiary/aromatic N) is 3. The number of aryl methyl sites for hydroxylation is 1. The highest BCUT2D eigenvalue weighted by atomic mass is 15.4. The normalized spacial score (nSPS) is 17.8. The Morgan fingerprint density at radius 3 is 2.67 bits per heavy atom. The predicted octanol–water partition coefficient (Wildman–Crippen LogP) is 3.17. The third-order valence-electron chi connectivity index (χ3n) is 3.74. The van der Waals surface area contributed by atoms with E-state index in [4.69, 9.17) is 0 Å². The molecular formula is C14H20N4. The molecular weight excluding hydrogens is 224 g/mol. The van der Waals surface area contributed by atoms with Crippen LogP contribution in [0.1, 0.15) is 44.2 Å². The number of pyridine rings is 1. The van der Waals surface area contributed by atoms with Gasteiger partial charge in [0.2, 0.25) is 5.95 Å². The Morgan fingerprint density at radius 2 is 1.94 bits per heavy atom. The molecule has 1 fully saturated rings. The molecule has 1 aliphatic rings. The van der Waals surface area contributed by atoms with Crippen LogP contribution in [0.15, 0.2) is 18.2 Å². The lowest BCUT2D eigenvalue weighted by atomic mass is 10.1. The summed E-state index contributed by atoms with van der Waals surface area (Å²) in [6.07, 6.45) is 7.88. The maximum Gasteiger partial charge on any atom is 0.243 e. The van der Waals surface area contributed by atoms with Gasteiger partial charge in [-0.05, 0) is 31.9 Å². The molecule has 1 aliphatic carbocycles. The lowest BCUT2D eigenvalue weighted by Crippen LogP contribution is -2.19. The van der Waals surface area contributed by atoms with Gasteiger partial charge in [0.1, 0.15) is 0 Å². The smallest absolute Gasteiger partial charge is 0.243 e. The topological polar surface area (TPSA) is 42.2 Å². The van der Waals surface area contributed by atoms with Crippen molar-refractivity contribution in [3.63, 3.8) is 0 Å². The predicted molar refractivity (Wildman–Crippen MR) is 72.8 cm³/mol. The molecule has 2 aromatic heterocycles. The molecule has 0 aromatic carbocycles. The van der Waals surface area contributed by atoms with Crippen LogP contribution in [0.3, 0.4) is 0 Å². The first-order valence-electron chi connectivity index (χ1n) is 6.92. The van der Waals surface area contributed by atoms with Crippen LogP contribution in [-0.4, -0.2) is 20.6 Å². The van der Waals surface area contributed by atoms with Crippen molar-refractivity contribution in [1.82, 2.24) is 14.6 Å². The highest BCUT2D eigenvalue weighted by Crippen LogP contribution is 2.20. The summed E-state index contributed by atoms with van der Waals surface area (Å²) in [7, 11) is 0. The molecule has 0 bridgehead atoms. The summed E-state index contributed by atoms with van der Waals surface area (Å²) in [5.74, 6) is 0.774. The minimum absolute atomic E-state index is 0.546. The van der Waals surface area contributed by atoms with E-state index in [1.807, 2.05) is 16.6 Å². The molecule has 0 radical (unpaired) electrons. The van der Waals surface area contributed by atoms with E-state index < -0.39 is 0 Å². The van der Waals surface area contributed by atoms with Crippen molar-refractivity contribution in [2.45, 2.75) is 51.5 Å². The minimum atomic E-state index is 0.546. The average molecular weight is 244 g/mol. The van der Waals surface area contributed by atoms with Gasteiger partial charge >= 0.3 is 0 Å². The van der Waals surface area contributed by atoms with Crippen molar-refractivity contribution in [1.29, 1.82) is 0 Å². The zero-order chi connectivity index (χ0) is 12.4. The van der Waals surface area contributed by atoms with Crippen LogP contribution >= 0.6 is 0 Å². The molecule has 1 saturated carbocycles. The van der Waals surface area contributed by atoms with Gasteiger partial charge in [-0.3, -0.25) is 0 Å². The van der Waals surface area contributed by atoms with E-state index in [0.717, 1.165) is 17.3 Å². The lowest BCUT2D eigenvalue weighted by molar-refractivity contribution is 0.614. The van der Waals surface area contributed by atoms with Crippen LogP contribution in [0.5, 0.6) is 0 Å². The maximum absolute atomic E-state index is 4.54. The summed E-state index contributed by atoms with van der Waals surface area (Å²) in [4.78, 5) is 4.54. The Balaban J connectivity index is 1.79. The molecule has 4 nitrogen and oxygen atoms in total. The number of rotatable bonds is 2. The van der Waals surface area contributed by atoms with E-state index in [9.17, 15) is 0 Å². The van der Waals surface area contributed by atoms with Crippen LogP contribution < -0.4 is 5.32 Å². The number of hydrogen-bond donors (Lipinski definition) is 1. The number of aromatic nitrogens is 3. The molecule has 18 heavy (non-hydrogen) atoms. The zero-order valence-corrected chi connectivity index (χ0v) is 10.9. The standard InChI is InChI=1S/C14H20N4/c1-11-7-6-10-13-16-14(17-18(11)13)15-12-8-4-2-3-5-9-12/h6-7,10,12H,2-5,8-9H2,1H3,(H,15,17). The summed E-state index contributed by atoms with van der Waals surface area (Å²) >= 11 is 0.